The van der Waals surface area contributed by atoms with Gasteiger partial charge in [-0.1, -0.05) is 36.4 Å². The van der Waals surface area contributed by atoms with Gasteiger partial charge in [0, 0.05) is 31.0 Å². The van der Waals surface area contributed by atoms with Crippen LogP contribution in [0.15, 0.2) is 72.9 Å². The molecule has 0 atom stereocenters. The van der Waals surface area contributed by atoms with Gasteiger partial charge in [-0.15, -0.1) is 0 Å². The minimum absolute atomic E-state index is 0.164. The Morgan fingerprint density at radius 3 is 2.61 bits per heavy atom. The number of anilines is 2. The molecule has 31 heavy (non-hydrogen) atoms. The van der Waals surface area contributed by atoms with Gasteiger partial charge in [-0.2, -0.15) is 0 Å². The van der Waals surface area contributed by atoms with Crippen molar-refractivity contribution in [3.8, 4) is 11.1 Å². The van der Waals surface area contributed by atoms with Gasteiger partial charge in [-0.25, -0.2) is 4.98 Å². The molecule has 3 aromatic rings. The SMILES string of the molecule is Cc1cc(NC(=O)C=Cc2ccccc2)cc(-c2ccnc(N3CCC(O)CC3)c2)c1. The second kappa shape index (κ2) is 9.58. The van der Waals surface area contributed by atoms with Gasteiger partial charge in [0.25, 0.3) is 0 Å². The van der Waals surface area contributed by atoms with Crippen LogP contribution < -0.4 is 10.2 Å². The van der Waals surface area contributed by atoms with Gasteiger partial charge in [0.15, 0.2) is 0 Å². The van der Waals surface area contributed by atoms with E-state index in [1.165, 1.54) is 0 Å². The first-order chi connectivity index (χ1) is 15.1. The monoisotopic (exact) mass is 413 g/mol. The van der Waals surface area contributed by atoms with Crippen LogP contribution in [0.1, 0.15) is 24.0 Å². The van der Waals surface area contributed by atoms with Crippen LogP contribution in [0, 0.1) is 6.92 Å². The number of carbonyl (C=O) groups excluding carboxylic acids is 1. The van der Waals surface area contributed by atoms with Crippen molar-refractivity contribution in [1.82, 2.24) is 4.98 Å². The fourth-order valence-electron chi connectivity index (χ4n) is 3.81. The predicted molar refractivity (Wildman–Crippen MR) is 126 cm³/mol. The zero-order valence-corrected chi connectivity index (χ0v) is 17.7. The Bertz CT molecular complexity index is 1070. The summed E-state index contributed by atoms with van der Waals surface area (Å²) in [4.78, 5) is 19.1. The minimum Gasteiger partial charge on any atom is -0.393 e. The van der Waals surface area contributed by atoms with Crippen LogP contribution in [-0.4, -0.2) is 35.2 Å². The van der Waals surface area contributed by atoms with Gasteiger partial charge in [0.05, 0.1) is 6.10 Å². The molecule has 1 aromatic heterocycles. The topological polar surface area (TPSA) is 65.5 Å². The number of aromatic nitrogens is 1. The third-order valence-electron chi connectivity index (χ3n) is 5.44. The Hall–Kier alpha value is -3.44. The molecular formula is C26H27N3O2. The molecule has 2 aromatic carbocycles. The molecule has 1 amide bonds. The normalized spacial score (nSPS) is 14.7. The summed E-state index contributed by atoms with van der Waals surface area (Å²) in [6.45, 7) is 3.63. The molecule has 1 saturated heterocycles. The molecule has 158 valence electrons. The van der Waals surface area contributed by atoms with Crippen LogP contribution in [-0.2, 0) is 4.79 Å². The number of aryl methyl sites for hydroxylation is 1. The third-order valence-corrected chi connectivity index (χ3v) is 5.44. The summed E-state index contributed by atoms with van der Waals surface area (Å²) in [5, 5.41) is 12.7. The number of nitrogens with zero attached hydrogens (tertiary/aromatic N) is 2. The van der Waals surface area contributed by atoms with Gasteiger partial charge in [0.2, 0.25) is 5.91 Å². The molecule has 1 fully saturated rings. The number of hydrogen-bond donors (Lipinski definition) is 2. The third kappa shape index (κ3) is 5.58. The highest BCUT2D eigenvalue weighted by atomic mass is 16.3. The molecule has 0 radical (unpaired) electrons. The number of carbonyl (C=O) groups is 1. The molecule has 0 bridgehead atoms. The molecule has 5 nitrogen and oxygen atoms in total. The number of aliphatic hydroxyl groups is 1. The lowest BCUT2D eigenvalue weighted by atomic mass is 10.0. The number of rotatable bonds is 5. The van der Waals surface area contributed by atoms with E-state index >= 15 is 0 Å². The molecular weight excluding hydrogens is 386 g/mol. The molecule has 2 heterocycles. The fraction of sp³-hybridized carbons (Fsp3) is 0.231. The highest BCUT2D eigenvalue weighted by Crippen LogP contribution is 2.28. The van der Waals surface area contributed by atoms with Crippen molar-refractivity contribution < 1.29 is 9.90 Å². The van der Waals surface area contributed by atoms with Gasteiger partial charge in [-0.3, -0.25) is 4.79 Å². The standard InChI is InChI=1S/C26H27N3O2/c1-19-15-22(21-9-12-27-25(18-21)29-13-10-24(30)11-14-29)17-23(16-19)28-26(31)8-7-20-5-3-2-4-6-20/h2-9,12,15-18,24,30H,10-11,13-14H2,1H3,(H,28,31). The van der Waals surface area contributed by atoms with E-state index in [4.69, 9.17) is 0 Å². The highest BCUT2D eigenvalue weighted by Gasteiger charge is 2.18. The number of hydrogen-bond acceptors (Lipinski definition) is 4. The Morgan fingerprint density at radius 1 is 1.06 bits per heavy atom. The van der Waals surface area contributed by atoms with Crippen LogP contribution in [0.4, 0.5) is 11.5 Å². The highest BCUT2D eigenvalue weighted by molar-refractivity contribution is 6.02. The van der Waals surface area contributed by atoms with Crippen molar-refractivity contribution in [3.05, 3.63) is 84.1 Å². The first-order valence-corrected chi connectivity index (χ1v) is 10.6. The molecule has 0 unspecified atom stereocenters. The van der Waals surface area contributed by atoms with E-state index in [-0.39, 0.29) is 12.0 Å². The van der Waals surface area contributed by atoms with E-state index < -0.39 is 0 Å². The Morgan fingerprint density at radius 2 is 1.84 bits per heavy atom. The molecule has 0 spiro atoms. The second-order valence-electron chi connectivity index (χ2n) is 7.94. The number of pyridine rings is 1. The van der Waals surface area contributed by atoms with E-state index in [1.54, 1.807) is 12.2 Å². The van der Waals surface area contributed by atoms with Crippen LogP contribution in [0.3, 0.4) is 0 Å². The maximum Gasteiger partial charge on any atom is 0.248 e. The van der Waals surface area contributed by atoms with Gasteiger partial charge in [0.1, 0.15) is 5.82 Å². The largest absolute Gasteiger partial charge is 0.393 e. The summed E-state index contributed by atoms with van der Waals surface area (Å²) in [5.74, 6) is 0.755. The summed E-state index contributed by atoms with van der Waals surface area (Å²) < 4.78 is 0. The predicted octanol–water partition coefficient (Wildman–Crippen LogP) is 4.67. The van der Waals surface area contributed by atoms with Crippen LogP contribution in [0.25, 0.3) is 17.2 Å². The number of nitrogens with one attached hydrogen (secondary N) is 1. The van der Waals surface area contributed by atoms with E-state index in [1.807, 2.05) is 61.7 Å². The number of amides is 1. The Labute approximate surface area is 183 Å². The quantitative estimate of drug-likeness (QED) is 0.597. The maximum absolute atomic E-state index is 12.4. The average molecular weight is 414 g/mol. The summed E-state index contributed by atoms with van der Waals surface area (Å²) in [5.41, 5.74) is 4.90. The zero-order chi connectivity index (χ0) is 21.6. The first kappa shape index (κ1) is 20.8. The maximum atomic E-state index is 12.4. The molecule has 2 N–H and O–H groups in total. The molecule has 5 heteroatoms. The van der Waals surface area contributed by atoms with E-state index in [0.29, 0.717) is 0 Å². The number of benzene rings is 2. The van der Waals surface area contributed by atoms with Crippen LogP contribution in [0.5, 0.6) is 0 Å². The summed E-state index contributed by atoms with van der Waals surface area (Å²) in [6.07, 6.45) is 6.49. The molecule has 0 saturated carbocycles. The smallest absolute Gasteiger partial charge is 0.248 e. The van der Waals surface area contributed by atoms with Crippen molar-refractivity contribution in [2.45, 2.75) is 25.9 Å². The van der Waals surface area contributed by atoms with E-state index in [9.17, 15) is 9.90 Å². The molecule has 4 rings (SSSR count). The van der Waals surface area contributed by atoms with E-state index in [0.717, 1.165) is 59.7 Å². The Balaban J connectivity index is 1.51. The Kier molecular flexibility index (Phi) is 6.43. The first-order valence-electron chi connectivity index (χ1n) is 10.6. The zero-order valence-electron chi connectivity index (χ0n) is 17.7. The fourth-order valence-corrected chi connectivity index (χ4v) is 3.81. The lowest BCUT2D eigenvalue weighted by Gasteiger charge is -2.30. The van der Waals surface area contributed by atoms with Gasteiger partial charge < -0.3 is 15.3 Å². The van der Waals surface area contributed by atoms with Crippen molar-refractivity contribution in [2.24, 2.45) is 0 Å². The lowest BCUT2D eigenvalue weighted by Crippen LogP contribution is -2.36. The lowest BCUT2D eigenvalue weighted by molar-refractivity contribution is -0.111. The van der Waals surface area contributed by atoms with Crippen molar-refractivity contribution >= 4 is 23.5 Å². The summed E-state index contributed by atoms with van der Waals surface area (Å²) in [6, 6.07) is 19.9. The van der Waals surface area contributed by atoms with Crippen LogP contribution in [0.2, 0.25) is 0 Å². The van der Waals surface area contributed by atoms with Gasteiger partial charge >= 0.3 is 0 Å². The number of aliphatic hydroxyl groups excluding tert-OH is 1. The van der Waals surface area contributed by atoms with Crippen molar-refractivity contribution in [2.75, 3.05) is 23.3 Å². The molecule has 1 aliphatic heterocycles. The van der Waals surface area contributed by atoms with E-state index in [2.05, 4.69) is 27.3 Å². The van der Waals surface area contributed by atoms with Crippen LogP contribution >= 0.6 is 0 Å². The van der Waals surface area contributed by atoms with Gasteiger partial charge in [-0.05, 0) is 72.4 Å². The van der Waals surface area contributed by atoms with Crippen molar-refractivity contribution in [1.29, 1.82) is 0 Å². The molecule has 0 aliphatic carbocycles. The summed E-state index contributed by atoms with van der Waals surface area (Å²) >= 11 is 0. The molecule has 1 aliphatic rings. The minimum atomic E-state index is -0.210. The summed E-state index contributed by atoms with van der Waals surface area (Å²) in [7, 11) is 0. The van der Waals surface area contributed by atoms with Crippen molar-refractivity contribution in [3.63, 3.8) is 0 Å². The average Bonchev–Trinajstić information content (AvgIpc) is 2.79. The number of piperidine rings is 1. The second-order valence-corrected chi connectivity index (χ2v) is 7.94.